The number of aryl methyl sites for hydroxylation is 1. The molecule has 1 heterocycles. The summed E-state index contributed by atoms with van der Waals surface area (Å²) in [5, 5.41) is 12.0. The van der Waals surface area contributed by atoms with Crippen LogP contribution in [0.25, 0.3) is 0 Å². The summed E-state index contributed by atoms with van der Waals surface area (Å²) < 4.78 is 4.63. The number of aromatic nitrogens is 1. The van der Waals surface area contributed by atoms with Gasteiger partial charge in [0.05, 0.1) is 12.1 Å². The minimum absolute atomic E-state index is 0.0768. The maximum absolute atomic E-state index is 11.7. The van der Waals surface area contributed by atoms with E-state index in [1.165, 1.54) is 18.2 Å². The second-order valence-electron chi connectivity index (χ2n) is 3.18. The first-order valence-corrected chi connectivity index (χ1v) is 4.40. The average Bonchev–Trinajstić information content (AvgIpc) is 2.59. The molecule has 0 aliphatic carbocycles. The number of aliphatic carboxylic acids is 1. The van der Waals surface area contributed by atoms with Crippen LogP contribution in [-0.2, 0) is 4.79 Å². The van der Waals surface area contributed by atoms with E-state index in [4.69, 9.17) is 5.11 Å². The molecule has 0 atom stereocenters. The molecule has 1 amide bonds. The van der Waals surface area contributed by atoms with Crippen molar-refractivity contribution in [3.63, 3.8) is 0 Å². The molecular formula is C9H12N2O4. The summed E-state index contributed by atoms with van der Waals surface area (Å²) in [6.45, 7) is 1.82. The van der Waals surface area contributed by atoms with Gasteiger partial charge in [-0.15, -0.1) is 0 Å². The van der Waals surface area contributed by atoms with Gasteiger partial charge in [0.15, 0.2) is 0 Å². The Labute approximate surface area is 86.5 Å². The molecule has 1 N–H and O–H groups in total. The van der Waals surface area contributed by atoms with E-state index in [1.807, 2.05) is 0 Å². The van der Waals surface area contributed by atoms with Gasteiger partial charge in [0.2, 0.25) is 0 Å². The third kappa shape index (κ3) is 2.80. The highest BCUT2D eigenvalue weighted by atomic mass is 16.5. The molecule has 0 aliphatic rings. The summed E-state index contributed by atoms with van der Waals surface area (Å²) in [5.74, 6) is -1.22. The number of rotatable bonds is 4. The molecule has 6 heteroatoms. The first kappa shape index (κ1) is 11.2. The molecule has 6 nitrogen and oxygen atoms in total. The van der Waals surface area contributed by atoms with E-state index in [-0.39, 0.29) is 18.9 Å². The Bertz CT molecular complexity index is 372. The SMILES string of the molecule is Cc1nocc1C(=O)N(C)CCC(=O)O. The Hall–Kier alpha value is -1.85. The zero-order chi connectivity index (χ0) is 11.4. The van der Waals surface area contributed by atoms with Crippen molar-refractivity contribution in [1.82, 2.24) is 10.1 Å². The smallest absolute Gasteiger partial charge is 0.305 e. The Kier molecular flexibility index (Phi) is 3.43. The van der Waals surface area contributed by atoms with E-state index >= 15 is 0 Å². The van der Waals surface area contributed by atoms with E-state index in [9.17, 15) is 9.59 Å². The van der Waals surface area contributed by atoms with Gasteiger partial charge in [0.25, 0.3) is 5.91 Å². The number of carboxylic acids is 1. The summed E-state index contributed by atoms with van der Waals surface area (Å²) >= 11 is 0. The van der Waals surface area contributed by atoms with Gasteiger partial charge in [-0.1, -0.05) is 5.16 Å². The number of carbonyl (C=O) groups is 2. The first-order chi connectivity index (χ1) is 7.02. The molecule has 0 aliphatic heterocycles. The van der Waals surface area contributed by atoms with Crippen LogP contribution >= 0.6 is 0 Å². The Morgan fingerprint density at radius 3 is 2.73 bits per heavy atom. The maximum Gasteiger partial charge on any atom is 0.305 e. The molecule has 0 spiro atoms. The van der Waals surface area contributed by atoms with Crippen LogP contribution in [0.5, 0.6) is 0 Å². The van der Waals surface area contributed by atoms with E-state index < -0.39 is 5.97 Å². The number of hydrogen-bond donors (Lipinski definition) is 1. The molecule has 15 heavy (non-hydrogen) atoms. The molecule has 0 aromatic carbocycles. The fraction of sp³-hybridized carbons (Fsp3) is 0.444. The van der Waals surface area contributed by atoms with Gasteiger partial charge in [-0.25, -0.2) is 0 Å². The third-order valence-corrected chi connectivity index (χ3v) is 1.99. The Morgan fingerprint density at radius 1 is 1.60 bits per heavy atom. The lowest BCUT2D eigenvalue weighted by Gasteiger charge is -2.14. The highest BCUT2D eigenvalue weighted by Crippen LogP contribution is 2.08. The molecule has 0 unspecified atom stereocenters. The predicted octanol–water partition coefficient (Wildman–Crippen LogP) is 0.530. The van der Waals surface area contributed by atoms with Crippen molar-refractivity contribution < 1.29 is 19.2 Å². The molecule has 82 valence electrons. The summed E-state index contributed by atoms with van der Waals surface area (Å²) in [6, 6.07) is 0. The van der Waals surface area contributed by atoms with Gasteiger partial charge in [0, 0.05) is 13.6 Å². The van der Waals surface area contributed by atoms with Crippen LogP contribution in [0.2, 0.25) is 0 Å². The molecule has 1 aromatic heterocycles. The summed E-state index contributed by atoms with van der Waals surface area (Å²) in [7, 11) is 1.54. The molecule has 0 bridgehead atoms. The first-order valence-electron chi connectivity index (χ1n) is 4.40. The van der Waals surface area contributed by atoms with Crippen molar-refractivity contribution in [2.45, 2.75) is 13.3 Å². The minimum atomic E-state index is -0.934. The van der Waals surface area contributed by atoms with Crippen LogP contribution < -0.4 is 0 Å². The standard InChI is InChI=1S/C9H12N2O4/c1-6-7(5-15-10-6)9(14)11(2)4-3-8(12)13/h5H,3-4H2,1-2H3,(H,12,13). The van der Waals surface area contributed by atoms with Gasteiger partial charge >= 0.3 is 5.97 Å². The van der Waals surface area contributed by atoms with Crippen molar-refractivity contribution in [1.29, 1.82) is 0 Å². The van der Waals surface area contributed by atoms with Gasteiger partial charge in [-0.3, -0.25) is 9.59 Å². The number of amides is 1. The zero-order valence-electron chi connectivity index (χ0n) is 8.56. The van der Waals surface area contributed by atoms with Crippen LogP contribution in [0.15, 0.2) is 10.8 Å². The Balaban J connectivity index is 2.61. The number of nitrogens with zero attached hydrogens (tertiary/aromatic N) is 2. The van der Waals surface area contributed by atoms with Crippen LogP contribution in [0.4, 0.5) is 0 Å². The van der Waals surface area contributed by atoms with Crippen LogP contribution in [-0.4, -0.2) is 40.6 Å². The van der Waals surface area contributed by atoms with Crippen molar-refractivity contribution in [3.05, 3.63) is 17.5 Å². The third-order valence-electron chi connectivity index (χ3n) is 1.99. The van der Waals surface area contributed by atoms with Crippen molar-refractivity contribution >= 4 is 11.9 Å². The van der Waals surface area contributed by atoms with Crippen molar-refractivity contribution in [2.24, 2.45) is 0 Å². The maximum atomic E-state index is 11.7. The summed E-state index contributed by atoms with van der Waals surface area (Å²) in [4.78, 5) is 23.3. The largest absolute Gasteiger partial charge is 0.481 e. The lowest BCUT2D eigenvalue weighted by atomic mass is 10.2. The normalized spacial score (nSPS) is 10.0. The second kappa shape index (κ2) is 4.59. The van der Waals surface area contributed by atoms with E-state index in [1.54, 1.807) is 6.92 Å². The van der Waals surface area contributed by atoms with Crippen LogP contribution in [0.3, 0.4) is 0 Å². The van der Waals surface area contributed by atoms with E-state index in [2.05, 4.69) is 9.68 Å². The zero-order valence-corrected chi connectivity index (χ0v) is 8.56. The molecule has 1 rings (SSSR count). The van der Waals surface area contributed by atoms with Gasteiger partial charge < -0.3 is 14.5 Å². The number of hydrogen-bond acceptors (Lipinski definition) is 4. The van der Waals surface area contributed by atoms with Gasteiger partial charge in [-0.05, 0) is 6.92 Å². The van der Waals surface area contributed by atoms with Gasteiger partial charge in [0.1, 0.15) is 11.8 Å². The topological polar surface area (TPSA) is 83.6 Å². The molecule has 0 radical (unpaired) electrons. The highest BCUT2D eigenvalue weighted by molar-refractivity contribution is 5.94. The number of carbonyl (C=O) groups excluding carboxylic acids is 1. The fourth-order valence-corrected chi connectivity index (χ4v) is 1.07. The lowest BCUT2D eigenvalue weighted by molar-refractivity contribution is -0.137. The highest BCUT2D eigenvalue weighted by Gasteiger charge is 2.17. The average molecular weight is 212 g/mol. The lowest BCUT2D eigenvalue weighted by Crippen LogP contribution is -2.29. The van der Waals surface area contributed by atoms with E-state index in [0.29, 0.717) is 11.3 Å². The molecule has 0 fully saturated rings. The minimum Gasteiger partial charge on any atom is -0.481 e. The number of carboxylic acid groups (broad SMARTS) is 1. The van der Waals surface area contributed by atoms with Crippen LogP contribution in [0.1, 0.15) is 22.5 Å². The predicted molar refractivity (Wildman–Crippen MR) is 50.5 cm³/mol. The van der Waals surface area contributed by atoms with Crippen molar-refractivity contribution in [3.8, 4) is 0 Å². The van der Waals surface area contributed by atoms with Gasteiger partial charge in [-0.2, -0.15) is 0 Å². The summed E-state index contributed by atoms with van der Waals surface area (Å²) in [6.07, 6.45) is 1.18. The van der Waals surface area contributed by atoms with Crippen molar-refractivity contribution in [2.75, 3.05) is 13.6 Å². The molecule has 1 aromatic rings. The molecular weight excluding hydrogens is 200 g/mol. The summed E-state index contributed by atoms with van der Waals surface area (Å²) in [5.41, 5.74) is 0.866. The Morgan fingerprint density at radius 2 is 2.27 bits per heavy atom. The molecule has 0 saturated heterocycles. The monoisotopic (exact) mass is 212 g/mol. The molecule has 0 saturated carbocycles. The fourth-order valence-electron chi connectivity index (χ4n) is 1.07. The van der Waals surface area contributed by atoms with E-state index in [0.717, 1.165) is 0 Å². The van der Waals surface area contributed by atoms with Crippen LogP contribution in [0, 0.1) is 6.92 Å². The quantitative estimate of drug-likeness (QED) is 0.787. The second-order valence-corrected chi connectivity index (χ2v) is 3.18.